The summed E-state index contributed by atoms with van der Waals surface area (Å²) >= 11 is 4.30. The Hall–Kier alpha value is -1.01. The van der Waals surface area contributed by atoms with Gasteiger partial charge in [0.1, 0.15) is 0 Å². The molecule has 0 aliphatic rings. The first-order valence-electron chi connectivity index (χ1n) is 4.10. The number of amidine groups is 1. The summed E-state index contributed by atoms with van der Waals surface area (Å²) in [6.45, 7) is 0. The minimum absolute atomic E-state index is 0.0547. The van der Waals surface area contributed by atoms with Gasteiger partial charge in [-0.25, -0.2) is 0 Å². The maximum atomic E-state index is 11.3. The summed E-state index contributed by atoms with van der Waals surface area (Å²) in [5.41, 5.74) is 5.84. The Labute approximate surface area is 100 Å². The van der Waals surface area contributed by atoms with E-state index in [4.69, 9.17) is 11.1 Å². The second-order valence-corrected chi connectivity index (χ2v) is 4.64. The average molecular weight is 288 g/mol. The van der Waals surface area contributed by atoms with Crippen molar-refractivity contribution >= 4 is 44.5 Å². The number of nitrogens with one attached hydrogen (secondary N) is 2. The molecule has 1 amide bonds. The van der Waals surface area contributed by atoms with Gasteiger partial charge in [0, 0.05) is 10.2 Å². The van der Waals surface area contributed by atoms with Crippen LogP contribution in [-0.4, -0.2) is 16.8 Å². The number of hydrogen-bond acceptors (Lipinski definition) is 3. The SMILES string of the molecule is N=C(N)SCC(=O)Nc1ccc(Br)cc1. The molecular formula is C9H10BrN3OS. The predicted molar refractivity (Wildman–Crippen MR) is 67.1 cm³/mol. The summed E-state index contributed by atoms with van der Waals surface area (Å²) in [5, 5.41) is 9.59. The van der Waals surface area contributed by atoms with Crippen LogP contribution in [0.15, 0.2) is 28.7 Å². The van der Waals surface area contributed by atoms with Gasteiger partial charge in [-0.1, -0.05) is 27.7 Å². The number of amides is 1. The van der Waals surface area contributed by atoms with Gasteiger partial charge in [0.05, 0.1) is 5.75 Å². The van der Waals surface area contributed by atoms with Crippen molar-refractivity contribution in [3.8, 4) is 0 Å². The number of thioether (sulfide) groups is 1. The lowest BCUT2D eigenvalue weighted by Crippen LogP contribution is -2.17. The van der Waals surface area contributed by atoms with Gasteiger partial charge >= 0.3 is 0 Å². The summed E-state index contributed by atoms with van der Waals surface area (Å²) in [6, 6.07) is 7.27. The molecule has 0 saturated carbocycles. The minimum atomic E-state index is -0.169. The third kappa shape index (κ3) is 4.85. The van der Waals surface area contributed by atoms with Crippen LogP contribution in [0.3, 0.4) is 0 Å². The number of hydrogen-bond donors (Lipinski definition) is 3. The highest BCUT2D eigenvalue weighted by atomic mass is 79.9. The maximum absolute atomic E-state index is 11.3. The van der Waals surface area contributed by atoms with Crippen LogP contribution in [0.5, 0.6) is 0 Å². The molecule has 0 saturated heterocycles. The predicted octanol–water partition coefficient (Wildman–Crippen LogP) is 2.01. The minimum Gasteiger partial charge on any atom is -0.379 e. The third-order valence-corrected chi connectivity index (χ3v) is 2.73. The lowest BCUT2D eigenvalue weighted by atomic mass is 10.3. The van der Waals surface area contributed by atoms with Crippen LogP contribution in [0.1, 0.15) is 0 Å². The van der Waals surface area contributed by atoms with E-state index in [1.807, 2.05) is 12.1 Å². The zero-order chi connectivity index (χ0) is 11.3. The third-order valence-electron chi connectivity index (χ3n) is 1.49. The highest BCUT2D eigenvalue weighted by molar-refractivity contribution is 9.10. The first-order chi connectivity index (χ1) is 7.08. The molecule has 0 aliphatic carbocycles. The Bertz CT molecular complexity index is 366. The van der Waals surface area contributed by atoms with E-state index in [-0.39, 0.29) is 16.8 Å². The van der Waals surface area contributed by atoms with Crippen LogP contribution in [0.25, 0.3) is 0 Å². The Morgan fingerprint density at radius 3 is 2.60 bits per heavy atom. The number of anilines is 1. The first kappa shape index (κ1) is 12.1. The average Bonchev–Trinajstić information content (AvgIpc) is 2.19. The monoisotopic (exact) mass is 287 g/mol. The molecule has 0 spiro atoms. The maximum Gasteiger partial charge on any atom is 0.234 e. The van der Waals surface area contributed by atoms with Crippen molar-refractivity contribution in [2.75, 3.05) is 11.1 Å². The molecule has 80 valence electrons. The topological polar surface area (TPSA) is 79.0 Å². The van der Waals surface area contributed by atoms with E-state index in [0.717, 1.165) is 21.9 Å². The van der Waals surface area contributed by atoms with Crippen molar-refractivity contribution in [1.29, 1.82) is 5.41 Å². The molecule has 1 rings (SSSR count). The van der Waals surface area contributed by atoms with Crippen LogP contribution >= 0.6 is 27.7 Å². The van der Waals surface area contributed by atoms with Crippen LogP contribution < -0.4 is 11.1 Å². The quantitative estimate of drug-likeness (QED) is 0.588. The summed E-state index contributed by atoms with van der Waals surface area (Å²) in [7, 11) is 0. The van der Waals surface area contributed by atoms with Crippen molar-refractivity contribution in [1.82, 2.24) is 0 Å². The van der Waals surface area contributed by atoms with Crippen molar-refractivity contribution < 1.29 is 4.79 Å². The smallest absolute Gasteiger partial charge is 0.234 e. The normalized spacial score (nSPS) is 9.67. The van der Waals surface area contributed by atoms with Crippen LogP contribution in [0.4, 0.5) is 5.69 Å². The van der Waals surface area contributed by atoms with E-state index in [0.29, 0.717) is 0 Å². The van der Waals surface area contributed by atoms with Crippen molar-refractivity contribution in [3.63, 3.8) is 0 Å². The Balaban J connectivity index is 2.44. The molecule has 0 aliphatic heterocycles. The lowest BCUT2D eigenvalue weighted by molar-refractivity contribution is -0.113. The van der Waals surface area contributed by atoms with Crippen molar-refractivity contribution in [3.05, 3.63) is 28.7 Å². The number of rotatable bonds is 3. The van der Waals surface area contributed by atoms with E-state index >= 15 is 0 Å². The zero-order valence-electron chi connectivity index (χ0n) is 7.79. The summed E-state index contributed by atoms with van der Waals surface area (Å²) in [6.07, 6.45) is 0. The van der Waals surface area contributed by atoms with Gasteiger partial charge in [0.25, 0.3) is 0 Å². The number of carbonyl (C=O) groups excluding carboxylic acids is 1. The second kappa shape index (κ2) is 5.77. The standard InChI is InChI=1S/C9H10BrN3OS/c10-6-1-3-7(4-2-6)13-8(14)5-15-9(11)12/h1-4H,5H2,(H3,11,12)(H,13,14). The summed E-state index contributed by atoms with van der Waals surface area (Å²) in [5.74, 6) is -0.0108. The van der Waals surface area contributed by atoms with Gasteiger partial charge in [-0.05, 0) is 24.3 Å². The summed E-state index contributed by atoms with van der Waals surface area (Å²) in [4.78, 5) is 11.3. The molecule has 0 unspecified atom stereocenters. The van der Waals surface area contributed by atoms with Gasteiger partial charge in [-0.3, -0.25) is 10.2 Å². The molecule has 0 heterocycles. The van der Waals surface area contributed by atoms with Crippen molar-refractivity contribution in [2.24, 2.45) is 5.73 Å². The summed E-state index contributed by atoms with van der Waals surface area (Å²) < 4.78 is 0.957. The number of halogens is 1. The van der Waals surface area contributed by atoms with E-state index in [9.17, 15) is 4.79 Å². The fourth-order valence-electron chi connectivity index (χ4n) is 0.874. The molecule has 0 fully saturated rings. The molecule has 4 N–H and O–H groups in total. The molecular weight excluding hydrogens is 278 g/mol. The molecule has 1 aromatic rings. The number of benzene rings is 1. The van der Waals surface area contributed by atoms with Crippen LogP contribution in [0.2, 0.25) is 0 Å². The molecule has 6 heteroatoms. The molecule has 0 radical (unpaired) electrons. The van der Waals surface area contributed by atoms with Gasteiger partial charge in [-0.15, -0.1) is 0 Å². The second-order valence-electron chi connectivity index (χ2n) is 2.71. The Morgan fingerprint density at radius 1 is 1.47 bits per heavy atom. The molecule has 0 aromatic heterocycles. The first-order valence-corrected chi connectivity index (χ1v) is 5.88. The number of carbonyl (C=O) groups is 1. The van der Waals surface area contributed by atoms with Gasteiger partial charge in [-0.2, -0.15) is 0 Å². The van der Waals surface area contributed by atoms with Gasteiger partial charge < -0.3 is 11.1 Å². The van der Waals surface area contributed by atoms with Crippen LogP contribution in [-0.2, 0) is 4.79 Å². The number of nitrogens with two attached hydrogens (primary N) is 1. The molecule has 15 heavy (non-hydrogen) atoms. The Morgan fingerprint density at radius 2 is 2.07 bits per heavy atom. The Kier molecular flexibility index (Phi) is 4.64. The lowest BCUT2D eigenvalue weighted by Gasteiger charge is -2.04. The van der Waals surface area contributed by atoms with E-state index in [1.165, 1.54) is 0 Å². The highest BCUT2D eigenvalue weighted by Gasteiger charge is 2.03. The molecule has 1 aromatic carbocycles. The van der Waals surface area contributed by atoms with Crippen molar-refractivity contribution in [2.45, 2.75) is 0 Å². The molecule has 4 nitrogen and oxygen atoms in total. The molecule has 0 atom stereocenters. The van der Waals surface area contributed by atoms with E-state index in [2.05, 4.69) is 21.2 Å². The zero-order valence-corrected chi connectivity index (χ0v) is 10.2. The van der Waals surface area contributed by atoms with Gasteiger partial charge in [0.15, 0.2) is 5.17 Å². The highest BCUT2D eigenvalue weighted by Crippen LogP contribution is 2.14. The van der Waals surface area contributed by atoms with Gasteiger partial charge in [0.2, 0.25) is 5.91 Å². The van der Waals surface area contributed by atoms with E-state index < -0.39 is 0 Å². The van der Waals surface area contributed by atoms with Crippen LogP contribution in [0, 0.1) is 5.41 Å². The fraction of sp³-hybridized carbons (Fsp3) is 0.111. The molecule has 0 bridgehead atoms. The van der Waals surface area contributed by atoms with E-state index in [1.54, 1.807) is 12.1 Å². The largest absolute Gasteiger partial charge is 0.379 e. The fourth-order valence-corrected chi connectivity index (χ4v) is 1.50.